The molecule has 3 amide bonds. The number of hydrogen-bond donors (Lipinski definition) is 2. The summed E-state index contributed by atoms with van der Waals surface area (Å²) >= 11 is 0. The van der Waals surface area contributed by atoms with Crippen molar-refractivity contribution in [1.82, 2.24) is 10.2 Å². The fraction of sp³-hybridized carbons (Fsp3) is 0.464. The van der Waals surface area contributed by atoms with Crippen LogP contribution in [-0.2, 0) is 14.3 Å². The lowest BCUT2D eigenvalue weighted by molar-refractivity contribution is -0.140. The van der Waals surface area contributed by atoms with Crippen LogP contribution in [0, 0.1) is 20.8 Å². The molecule has 190 valence electrons. The first-order chi connectivity index (χ1) is 16.3. The van der Waals surface area contributed by atoms with Crippen molar-refractivity contribution in [1.29, 1.82) is 0 Å². The number of para-hydroxylation sites is 1. The summed E-state index contributed by atoms with van der Waals surface area (Å²) in [6, 6.07) is 12.3. The van der Waals surface area contributed by atoms with Crippen LogP contribution >= 0.6 is 0 Å². The molecular formula is C28H39N3O4. The van der Waals surface area contributed by atoms with Crippen LogP contribution in [0.1, 0.15) is 69.3 Å². The number of hydrogen-bond acceptors (Lipinski definition) is 4. The van der Waals surface area contributed by atoms with Crippen molar-refractivity contribution in [3.8, 4) is 0 Å². The summed E-state index contributed by atoms with van der Waals surface area (Å²) in [5.74, 6) is -0.674. The first kappa shape index (κ1) is 27.9. The molecule has 0 fully saturated rings. The summed E-state index contributed by atoms with van der Waals surface area (Å²) in [7, 11) is 0. The van der Waals surface area contributed by atoms with Gasteiger partial charge in [-0.05, 0) is 71.6 Å². The zero-order valence-electron chi connectivity index (χ0n) is 22.2. The zero-order chi connectivity index (χ0) is 26.3. The van der Waals surface area contributed by atoms with Gasteiger partial charge in [0.25, 0.3) is 5.91 Å². The molecule has 2 atom stereocenters. The number of nitrogens with one attached hydrogen (secondary N) is 2. The van der Waals surface area contributed by atoms with Gasteiger partial charge in [-0.15, -0.1) is 0 Å². The third-order valence-electron chi connectivity index (χ3n) is 5.75. The zero-order valence-corrected chi connectivity index (χ0v) is 22.2. The lowest BCUT2D eigenvalue weighted by Gasteiger charge is -2.36. The number of alkyl carbamates (subject to hydrolysis) is 1. The Morgan fingerprint density at radius 3 is 2.14 bits per heavy atom. The van der Waals surface area contributed by atoms with Crippen molar-refractivity contribution in [2.75, 3.05) is 11.9 Å². The molecule has 0 spiro atoms. The number of nitrogens with zero attached hydrogens (tertiary/aromatic N) is 1. The molecule has 0 aliphatic heterocycles. The summed E-state index contributed by atoms with van der Waals surface area (Å²) in [6.07, 6.45) is -0.0426. The maximum atomic E-state index is 13.8. The van der Waals surface area contributed by atoms with Crippen molar-refractivity contribution in [3.05, 3.63) is 64.7 Å². The van der Waals surface area contributed by atoms with Gasteiger partial charge in [-0.1, -0.05) is 55.0 Å². The lowest BCUT2D eigenvalue weighted by atomic mass is 9.99. The van der Waals surface area contributed by atoms with E-state index < -0.39 is 17.7 Å². The molecule has 0 aliphatic carbocycles. The van der Waals surface area contributed by atoms with Crippen LogP contribution in [-0.4, -0.2) is 41.0 Å². The molecule has 0 bridgehead atoms. The Kier molecular flexibility index (Phi) is 9.46. The van der Waals surface area contributed by atoms with Crippen LogP contribution in [0.15, 0.2) is 42.5 Å². The summed E-state index contributed by atoms with van der Waals surface area (Å²) in [5.41, 5.74) is 3.62. The van der Waals surface area contributed by atoms with E-state index in [-0.39, 0.29) is 24.4 Å². The quantitative estimate of drug-likeness (QED) is 0.525. The van der Waals surface area contributed by atoms with Crippen LogP contribution in [0.5, 0.6) is 0 Å². The highest BCUT2D eigenvalue weighted by molar-refractivity contribution is 5.99. The average Bonchev–Trinajstić information content (AvgIpc) is 2.76. The summed E-state index contributed by atoms with van der Waals surface area (Å²) < 4.78 is 5.27. The normalized spacial score (nSPS) is 12.9. The fourth-order valence-corrected chi connectivity index (χ4v) is 3.88. The third kappa shape index (κ3) is 7.84. The van der Waals surface area contributed by atoms with E-state index >= 15 is 0 Å². The Balaban J connectivity index is 2.44. The maximum absolute atomic E-state index is 13.8. The van der Waals surface area contributed by atoms with E-state index in [0.29, 0.717) is 12.0 Å². The summed E-state index contributed by atoms with van der Waals surface area (Å²) in [5, 5.41) is 5.60. The minimum Gasteiger partial charge on any atom is -0.444 e. The van der Waals surface area contributed by atoms with Crippen LogP contribution in [0.4, 0.5) is 10.5 Å². The monoisotopic (exact) mass is 481 g/mol. The Labute approximate surface area is 209 Å². The summed E-state index contributed by atoms with van der Waals surface area (Å²) in [6.45, 7) is 14.7. The molecule has 35 heavy (non-hydrogen) atoms. The van der Waals surface area contributed by atoms with Gasteiger partial charge in [0, 0.05) is 11.7 Å². The van der Waals surface area contributed by atoms with E-state index in [9.17, 15) is 14.4 Å². The molecule has 0 saturated heterocycles. The first-order valence-electron chi connectivity index (χ1n) is 12.1. The summed E-state index contributed by atoms with van der Waals surface area (Å²) in [4.78, 5) is 41.0. The SMILES string of the molecule is CCC(C)N(C(=O)CNC(=O)OC(C)(C)C)C(C(=O)Nc1c(C)cccc1C)c1cccc(C)c1. The van der Waals surface area contributed by atoms with Crippen molar-refractivity contribution in [2.45, 2.75) is 79.5 Å². The predicted molar refractivity (Wildman–Crippen MR) is 139 cm³/mol. The minimum absolute atomic E-state index is 0.253. The van der Waals surface area contributed by atoms with E-state index in [4.69, 9.17) is 4.74 Å². The highest BCUT2D eigenvalue weighted by Gasteiger charge is 2.35. The minimum atomic E-state index is -0.878. The Morgan fingerprint density at radius 2 is 1.60 bits per heavy atom. The van der Waals surface area contributed by atoms with Gasteiger partial charge in [0.1, 0.15) is 18.2 Å². The number of ether oxygens (including phenoxy) is 1. The second kappa shape index (κ2) is 11.9. The van der Waals surface area contributed by atoms with E-state index in [1.165, 1.54) is 0 Å². The van der Waals surface area contributed by atoms with Crippen LogP contribution < -0.4 is 10.6 Å². The van der Waals surface area contributed by atoms with E-state index in [1.807, 2.05) is 77.1 Å². The second-order valence-electron chi connectivity index (χ2n) is 9.99. The van der Waals surface area contributed by atoms with Gasteiger partial charge < -0.3 is 20.3 Å². The molecule has 2 aromatic carbocycles. The first-order valence-corrected chi connectivity index (χ1v) is 12.1. The lowest BCUT2D eigenvalue weighted by Crippen LogP contribution is -2.50. The van der Waals surface area contributed by atoms with Crippen molar-refractivity contribution in [2.24, 2.45) is 0 Å². The molecule has 0 aromatic heterocycles. The van der Waals surface area contributed by atoms with Gasteiger partial charge in [0.15, 0.2) is 0 Å². The number of carbonyl (C=O) groups excluding carboxylic acids is 3. The Morgan fingerprint density at radius 1 is 1.00 bits per heavy atom. The Bertz CT molecular complexity index is 1040. The van der Waals surface area contributed by atoms with Gasteiger partial charge in [-0.2, -0.15) is 0 Å². The number of rotatable bonds is 8. The molecular weight excluding hydrogens is 442 g/mol. The van der Waals surface area contributed by atoms with Gasteiger partial charge in [-0.3, -0.25) is 9.59 Å². The van der Waals surface area contributed by atoms with Crippen LogP contribution in [0.2, 0.25) is 0 Å². The highest BCUT2D eigenvalue weighted by atomic mass is 16.6. The second-order valence-corrected chi connectivity index (χ2v) is 9.99. The molecule has 0 radical (unpaired) electrons. The van der Waals surface area contributed by atoms with Gasteiger partial charge in [-0.25, -0.2) is 4.79 Å². The van der Waals surface area contributed by atoms with Gasteiger partial charge in [0.2, 0.25) is 5.91 Å². The van der Waals surface area contributed by atoms with Crippen molar-refractivity contribution < 1.29 is 19.1 Å². The molecule has 2 aromatic rings. The van der Waals surface area contributed by atoms with E-state index in [1.54, 1.807) is 25.7 Å². The molecule has 2 unspecified atom stereocenters. The average molecular weight is 482 g/mol. The van der Waals surface area contributed by atoms with Gasteiger partial charge >= 0.3 is 6.09 Å². The number of benzene rings is 2. The standard InChI is InChI=1S/C28H39N3O4/c1-9-21(5)31(23(32)17-29-27(34)35-28(6,7)8)25(22-15-10-12-18(2)16-22)26(33)30-24-19(3)13-11-14-20(24)4/h10-16,21,25H,9,17H2,1-8H3,(H,29,34)(H,30,33). The predicted octanol–water partition coefficient (Wildman–Crippen LogP) is 5.44. The smallest absolute Gasteiger partial charge is 0.408 e. The molecule has 0 heterocycles. The molecule has 0 saturated carbocycles. The van der Waals surface area contributed by atoms with Crippen molar-refractivity contribution in [3.63, 3.8) is 0 Å². The number of carbonyl (C=O) groups is 3. The van der Waals surface area contributed by atoms with Crippen molar-refractivity contribution >= 4 is 23.6 Å². The van der Waals surface area contributed by atoms with E-state index in [2.05, 4.69) is 10.6 Å². The number of anilines is 1. The van der Waals surface area contributed by atoms with E-state index in [0.717, 1.165) is 22.4 Å². The fourth-order valence-electron chi connectivity index (χ4n) is 3.88. The maximum Gasteiger partial charge on any atom is 0.408 e. The topological polar surface area (TPSA) is 87.7 Å². The van der Waals surface area contributed by atoms with Gasteiger partial charge in [0.05, 0.1) is 0 Å². The number of aryl methyl sites for hydroxylation is 3. The third-order valence-corrected chi connectivity index (χ3v) is 5.75. The molecule has 7 nitrogen and oxygen atoms in total. The largest absolute Gasteiger partial charge is 0.444 e. The van der Waals surface area contributed by atoms with Crippen LogP contribution in [0.3, 0.4) is 0 Å². The van der Waals surface area contributed by atoms with Crippen LogP contribution in [0.25, 0.3) is 0 Å². The molecule has 2 rings (SSSR count). The number of amides is 3. The molecule has 7 heteroatoms. The molecule has 2 N–H and O–H groups in total. The highest BCUT2D eigenvalue weighted by Crippen LogP contribution is 2.29. The molecule has 0 aliphatic rings. The Hall–Kier alpha value is -3.35.